The third-order valence-electron chi connectivity index (χ3n) is 5.27. The van der Waals surface area contributed by atoms with Gasteiger partial charge in [0.15, 0.2) is 0 Å². The number of methoxy groups -OCH3 is 1. The average Bonchev–Trinajstić information content (AvgIpc) is 2.72. The zero-order valence-corrected chi connectivity index (χ0v) is 20.4. The zero-order valence-electron chi connectivity index (χ0n) is 17.2. The number of rotatable bonds is 8. The van der Waals surface area contributed by atoms with Crippen LogP contribution in [0.1, 0.15) is 24.5 Å². The summed E-state index contributed by atoms with van der Waals surface area (Å²) in [6.07, 6.45) is 1.83. The lowest BCUT2D eigenvalue weighted by Crippen LogP contribution is -2.58. The molecule has 0 spiro atoms. The number of hydrogen-bond donors (Lipinski definition) is 0. The van der Waals surface area contributed by atoms with Crippen molar-refractivity contribution in [2.45, 2.75) is 31.5 Å². The molecule has 1 aliphatic heterocycles. The Morgan fingerprint density at radius 2 is 2.03 bits per heavy atom. The maximum atomic E-state index is 13.5. The predicted molar refractivity (Wildman–Crippen MR) is 124 cm³/mol. The van der Waals surface area contributed by atoms with E-state index in [2.05, 4.69) is 15.9 Å². The molecular weight excluding hydrogens is 490 g/mol. The van der Waals surface area contributed by atoms with Crippen LogP contribution in [-0.2, 0) is 25.8 Å². The molecule has 0 bridgehead atoms. The van der Waals surface area contributed by atoms with Gasteiger partial charge in [-0.2, -0.15) is 0 Å². The first kappa shape index (κ1) is 23.4. The fourth-order valence-corrected chi connectivity index (χ4v) is 4.67. The third kappa shape index (κ3) is 5.32. The largest absolute Gasteiger partial charge is 0.497 e. The highest BCUT2D eigenvalue weighted by Crippen LogP contribution is 2.38. The standard InChI is InChI=1S/C22H25BrClNO4S/c1-22(16-10-17(23)12-18(24)11-16)14-28-20(8-9-29-30-3)21(26)25(22)13-15-4-6-19(27-2)7-5-15/h4-7,10-12,20H,8-9,13-14H2,1-3H3. The summed E-state index contributed by atoms with van der Waals surface area (Å²) in [7, 11) is 1.63. The van der Waals surface area contributed by atoms with Crippen molar-refractivity contribution in [3.8, 4) is 5.75 Å². The molecule has 2 unspecified atom stereocenters. The minimum atomic E-state index is -0.665. The van der Waals surface area contributed by atoms with Gasteiger partial charge < -0.3 is 18.6 Å². The number of halogens is 2. The summed E-state index contributed by atoms with van der Waals surface area (Å²) >= 11 is 11.1. The Hall–Kier alpha value is -1.25. The number of amides is 1. The number of carbonyl (C=O) groups is 1. The molecule has 1 amide bonds. The Labute approximate surface area is 195 Å². The van der Waals surface area contributed by atoms with Crippen LogP contribution in [0.5, 0.6) is 5.75 Å². The Bertz CT molecular complexity index is 862. The van der Waals surface area contributed by atoms with Gasteiger partial charge in [0.05, 0.1) is 25.9 Å². The molecule has 1 fully saturated rings. The van der Waals surface area contributed by atoms with Gasteiger partial charge in [0, 0.05) is 28.7 Å². The molecule has 0 N–H and O–H groups in total. The van der Waals surface area contributed by atoms with Gasteiger partial charge in [0.1, 0.15) is 11.9 Å². The molecule has 162 valence electrons. The number of hydrogen-bond acceptors (Lipinski definition) is 5. The van der Waals surface area contributed by atoms with Gasteiger partial charge in [0.2, 0.25) is 0 Å². The van der Waals surface area contributed by atoms with Crippen LogP contribution in [0.2, 0.25) is 5.02 Å². The van der Waals surface area contributed by atoms with Gasteiger partial charge in [-0.25, -0.2) is 0 Å². The fourth-order valence-electron chi connectivity index (χ4n) is 3.54. The first-order valence-electron chi connectivity index (χ1n) is 9.55. The molecule has 8 heteroatoms. The lowest BCUT2D eigenvalue weighted by Gasteiger charge is -2.47. The molecule has 2 aromatic carbocycles. The predicted octanol–water partition coefficient (Wildman–Crippen LogP) is 5.44. The molecular formula is C22H25BrClNO4S. The first-order valence-corrected chi connectivity index (χ1v) is 11.9. The number of ether oxygens (including phenoxy) is 2. The molecule has 0 radical (unpaired) electrons. The van der Waals surface area contributed by atoms with Gasteiger partial charge in [0.25, 0.3) is 5.91 Å². The number of benzene rings is 2. The first-order chi connectivity index (χ1) is 14.4. The number of nitrogens with zero attached hydrogens (tertiary/aromatic N) is 1. The van der Waals surface area contributed by atoms with E-state index >= 15 is 0 Å². The molecule has 0 aliphatic carbocycles. The molecule has 30 heavy (non-hydrogen) atoms. The van der Waals surface area contributed by atoms with Crippen LogP contribution in [0.3, 0.4) is 0 Å². The van der Waals surface area contributed by atoms with Crippen molar-refractivity contribution in [2.24, 2.45) is 0 Å². The van der Waals surface area contributed by atoms with E-state index in [0.717, 1.165) is 21.3 Å². The summed E-state index contributed by atoms with van der Waals surface area (Å²) < 4.78 is 17.5. The van der Waals surface area contributed by atoms with Crippen LogP contribution in [0.15, 0.2) is 46.9 Å². The molecule has 0 saturated carbocycles. The molecule has 1 aliphatic rings. The van der Waals surface area contributed by atoms with E-state index in [4.69, 9.17) is 25.3 Å². The van der Waals surface area contributed by atoms with Crippen molar-refractivity contribution in [3.63, 3.8) is 0 Å². The summed E-state index contributed by atoms with van der Waals surface area (Å²) in [4.78, 5) is 15.4. The smallest absolute Gasteiger partial charge is 0.252 e. The Kier molecular flexibility index (Phi) is 8.10. The van der Waals surface area contributed by atoms with Crippen LogP contribution in [0, 0.1) is 0 Å². The highest BCUT2D eigenvalue weighted by atomic mass is 79.9. The topological polar surface area (TPSA) is 48.0 Å². The van der Waals surface area contributed by atoms with Gasteiger partial charge in [-0.3, -0.25) is 4.79 Å². The summed E-state index contributed by atoms with van der Waals surface area (Å²) in [5, 5.41) is 0.605. The number of carbonyl (C=O) groups excluding carboxylic acids is 1. The van der Waals surface area contributed by atoms with E-state index in [1.165, 1.54) is 12.0 Å². The van der Waals surface area contributed by atoms with E-state index in [1.54, 1.807) is 7.11 Å². The SMILES string of the molecule is COc1ccc(CN2C(=O)C(CCOSC)OCC2(C)c2cc(Cl)cc(Br)c2)cc1. The molecule has 3 rings (SSSR count). The van der Waals surface area contributed by atoms with Crippen molar-refractivity contribution < 1.29 is 18.5 Å². The summed E-state index contributed by atoms with van der Waals surface area (Å²) in [6.45, 7) is 3.28. The van der Waals surface area contributed by atoms with Crippen LogP contribution in [-0.4, -0.2) is 43.5 Å². The van der Waals surface area contributed by atoms with Crippen LogP contribution < -0.4 is 4.74 Å². The highest BCUT2D eigenvalue weighted by Gasteiger charge is 2.45. The molecule has 1 heterocycles. The van der Waals surface area contributed by atoms with E-state index < -0.39 is 11.6 Å². The van der Waals surface area contributed by atoms with Crippen LogP contribution in [0.25, 0.3) is 0 Å². The van der Waals surface area contributed by atoms with Crippen molar-refractivity contribution in [2.75, 3.05) is 26.6 Å². The van der Waals surface area contributed by atoms with E-state index in [-0.39, 0.29) is 5.91 Å². The molecule has 2 aromatic rings. The molecule has 5 nitrogen and oxygen atoms in total. The Morgan fingerprint density at radius 3 is 2.67 bits per heavy atom. The van der Waals surface area contributed by atoms with Crippen molar-refractivity contribution >= 4 is 45.5 Å². The van der Waals surface area contributed by atoms with E-state index in [9.17, 15) is 4.79 Å². The quantitative estimate of drug-likeness (QED) is 0.347. The summed E-state index contributed by atoms with van der Waals surface area (Å²) in [5.41, 5.74) is 1.27. The lowest BCUT2D eigenvalue weighted by atomic mass is 9.88. The van der Waals surface area contributed by atoms with E-state index in [0.29, 0.717) is 31.2 Å². The zero-order chi connectivity index (χ0) is 21.7. The van der Waals surface area contributed by atoms with Crippen LogP contribution in [0.4, 0.5) is 0 Å². The van der Waals surface area contributed by atoms with Gasteiger partial charge in [-0.1, -0.05) is 39.7 Å². The van der Waals surface area contributed by atoms with Crippen molar-refractivity contribution in [1.82, 2.24) is 4.90 Å². The minimum Gasteiger partial charge on any atom is -0.497 e. The van der Waals surface area contributed by atoms with Gasteiger partial charge in [-0.05, 0) is 60.4 Å². The Balaban J connectivity index is 1.93. The molecule has 2 atom stereocenters. The van der Waals surface area contributed by atoms with Gasteiger partial charge in [-0.15, -0.1) is 0 Å². The fraction of sp³-hybridized carbons (Fsp3) is 0.409. The second-order valence-corrected chi connectivity index (χ2v) is 9.20. The monoisotopic (exact) mass is 513 g/mol. The summed E-state index contributed by atoms with van der Waals surface area (Å²) in [5.74, 6) is 0.723. The van der Waals surface area contributed by atoms with Gasteiger partial charge >= 0.3 is 0 Å². The maximum absolute atomic E-state index is 13.5. The minimum absolute atomic E-state index is 0.0552. The third-order valence-corrected chi connectivity index (χ3v) is 6.35. The highest BCUT2D eigenvalue weighted by molar-refractivity contribution is 9.10. The summed E-state index contributed by atoms with van der Waals surface area (Å²) in [6, 6.07) is 13.5. The molecule has 0 aromatic heterocycles. The number of morpholine rings is 1. The second kappa shape index (κ2) is 10.4. The van der Waals surface area contributed by atoms with Crippen molar-refractivity contribution in [1.29, 1.82) is 0 Å². The maximum Gasteiger partial charge on any atom is 0.252 e. The van der Waals surface area contributed by atoms with E-state index in [1.807, 2.05) is 60.5 Å². The average molecular weight is 515 g/mol. The Morgan fingerprint density at radius 1 is 1.30 bits per heavy atom. The normalized spacial score (nSPS) is 21.7. The van der Waals surface area contributed by atoms with Crippen molar-refractivity contribution in [3.05, 3.63) is 63.1 Å². The second-order valence-electron chi connectivity index (χ2n) is 7.28. The molecule has 1 saturated heterocycles. The lowest BCUT2D eigenvalue weighted by molar-refractivity contribution is -0.173. The van der Waals surface area contributed by atoms with Crippen LogP contribution >= 0.6 is 39.6 Å².